The zero-order chi connectivity index (χ0) is 13.3. The van der Waals surface area contributed by atoms with Crippen molar-refractivity contribution in [1.29, 1.82) is 0 Å². The van der Waals surface area contributed by atoms with Gasteiger partial charge in [-0.15, -0.1) is 0 Å². The molecule has 2 nitrogen and oxygen atoms in total. The first kappa shape index (κ1) is 14.1. The Morgan fingerprint density at radius 1 is 1.39 bits per heavy atom. The lowest BCUT2D eigenvalue weighted by atomic mass is 9.92. The molecule has 0 aliphatic carbocycles. The van der Waals surface area contributed by atoms with Gasteiger partial charge in [0, 0.05) is 28.7 Å². The summed E-state index contributed by atoms with van der Waals surface area (Å²) in [5, 5.41) is 1.42. The summed E-state index contributed by atoms with van der Waals surface area (Å²) in [5.74, 6) is 0.606. The summed E-state index contributed by atoms with van der Waals surface area (Å²) in [6.07, 6.45) is 1.15. The van der Waals surface area contributed by atoms with Crippen molar-refractivity contribution < 1.29 is 0 Å². The van der Waals surface area contributed by atoms with E-state index >= 15 is 0 Å². The molecule has 1 aromatic carbocycles. The minimum absolute atomic E-state index is 0.257. The second-order valence-corrected chi connectivity index (χ2v) is 6.11. The van der Waals surface area contributed by atoms with Crippen molar-refractivity contribution in [3.05, 3.63) is 33.8 Å². The molecule has 0 bridgehead atoms. The molecule has 1 fully saturated rings. The highest BCUT2D eigenvalue weighted by atomic mass is 35.5. The van der Waals surface area contributed by atoms with Crippen molar-refractivity contribution in [2.24, 2.45) is 11.7 Å². The molecule has 18 heavy (non-hydrogen) atoms. The molecule has 2 rings (SSSR count). The fourth-order valence-electron chi connectivity index (χ4n) is 2.51. The highest BCUT2D eigenvalue weighted by Gasteiger charge is 2.27. The van der Waals surface area contributed by atoms with E-state index in [2.05, 4.69) is 18.7 Å². The number of halogens is 2. The van der Waals surface area contributed by atoms with Crippen LogP contribution < -0.4 is 5.73 Å². The van der Waals surface area contributed by atoms with E-state index in [4.69, 9.17) is 28.9 Å². The van der Waals surface area contributed by atoms with Gasteiger partial charge in [0.25, 0.3) is 0 Å². The Hall–Kier alpha value is -0.280. The maximum Gasteiger partial charge on any atom is 0.0468 e. The average Bonchev–Trinajstić information content (AvgIpc) is 2.32. The van der Waals surface area contributed by atoms with Crippen molar-refractivity contribution in [3.63, 3.8) is 0 Å². The minimum Gasteiger partial charge on any atom is -0.326 e. The van der Waals surface area contributed by atoms with Gasteiger partial charge in [-0.1, -0.05) is 36.2 Å². The van der Waals surface area contributed by atoms with E-state index in [1.807, 2.05) is 12.1 Å². The van der Waals surface area contributed by atoms with Crippen LogP contribution in [0.5, 0.6) is 0 Å². The molecule has 1 heterocycles. The van der Waals surface area contributed by atoms with Crippen LogP contribution in [-0.4, -0.2) is 24.0 Å². The monoisotopic (exact) mass is 286 g/mol. The SMILES string of the molecule is CC1CCN(C(C)c2ccc(Cl)cc2Cl)CC1N. The summed E-state index contributed by atoms with van der Waals surface area (Å²) >= 11 is 12.2. The fourth-order valence-corrected chi connectivity index (χ4v) is 3.08. The number of piperidine rings is 1. The van der Waals surface area contributed by atoms with E-state index in [9.17, 15) is 0 Å². The molecule has 0 aromatic heterocycles. The van der Waals surface area contributed by atoms with Crippen LogP contribution in [0.15, 0.2) is 18.2 Å². The van der Waals surface area contributed by atoms with Crippen molar-refractivity contribution in [2.75, 3.05) is 13.1 Å². The van der Waals surface area contributed by atoms with Gasteiger partial charge in [-0.2, -0.15) is 0 Å². The van der Waals surface area contributed by atoms with Crippen LogP contribution in [0.3, 0.4) is 0 Å². The molecule has 2 N–H and O–H groups in total. The standard InChI is InChI=1S/C14H20Cl2N2/c1-9-5-6-18(8-14(9)17)10(2)12-4-3-11(15)7-13(12)16/h3-4,7,9-10,14H,5-6,8,17H2,1-2H3. The second-order valence-electron chi connectivity index (χ2n) is 5.27. The Labute approximate surface area is 119 Å². The third-order valence-electron chi connectivity index (χ3n) is 4.01. The molecule has 1 aliphatic heterocycles. The number of likely N-dealkylation sites (tertiary alicyclic amines) is 1. The summed E-state index contributed by atoms with van der Waals surface area (Å²) in [6, 6.07) is 6.26. The van der Waals surface area contributed by atoms with Crippen molar-refractivity contribution in [1.82, 2.24) is 4.90 Å². The van der Waals surface area contributed by atoms with E-state index in [1.165, 1.54) is 0 Å². The topological polar surface area (TPSA) is 29.3 Å². The van der Waals surface area contributed by atoms with E-state index in [0.717, 1.165) is 30.1 Å². The maximum atomic E-state index is 6.27. The molecule has 0 amide bonds. The first-order chi connectivity index (χ1) is 8.49. The molecule has 3 unspecified atom stereocenters. The molecule has 0 spiro atoms. The van der Waals surface area contributed by atoms with Gasteiger partial charge >= 0.3 is 0 Å². The van der Waals surface area contributed by atoms with Gasteiger partial charge in [0.15, 0.2) is 0 Å². The van der Waals surface area contributed by atoms with E-state index in [-0.39, 0.29) is 12.1 Å². The lowest BCUT2D eigenvalue weighted by Crippen LogP contribution is -2.48. The Morgan fingerprint density at radius 2 is 2.11 bits per heavy atom. The van der Waals surface area contributed by atoms with Crippen LogP contribution in [0.4, 0.5) is 0 Å². The zero-order valence-electron chi connectivity index (χ0n) is 10.9. The van der Waals surface area contributed by atoms with Crippen LogP contribution in [0, 0.1) is 5.92 Å². The van der Waals surface area contributed by atoms with Crippen molar-refractivity contribution >= 4 is 23.2 Å². The fraction of sp³-hybridized carbons (Fsp3) is 0.571. The van der Waals surface area contributed by atoms with Crippen LogP contribution in [-0.2, 0) is 0 Å². The van der Waals surface area contributed by atoms with Gasteiger partial charge < -0.3 is 5.73 Å². The number of nitrogens with two attached hydrogens (primary N) is 1. The number of benzene rings is 1. The molecule has 4 heteroatoms. The molecular weight excluding hydrogens is 267 g/mol. The largest absolute Gasteiger partial charge is 0.326 e. The third kappa shape index (κ3) is 3.00. The quantitative estimate of drug-likeness (QED) is 0.898. The van der Waals surface area contributed by atoms with Crippen molar-refractivity contribution in [3.8, 4) is 0 Å². The predicted molar refractivity (Wildman–Crippen MR) is 78.2 cm³/mol. The zero-order valence-corrected chi connectivity index (χ0v) is 12.4. The highest BCUT2D eigenvalue weighted by Crippen LogP contribution is 2.31. The Bertz CT molecular complexity index is 422. The molecule has 0 radical (unpaired) electrons. The van der Waals surface area contributed by atoms with Crippen LogP contribution in [0.1, 0.15) is 31.9 Å². The van der Waals surface area contributed by atoms with E-state index in [1.54, 1.807) is 6.07 Å². The minimum atomic E-state index is 0.257. The molecule has 100 valence electrons. The normalized spacial score (nSPS) is 27.2. The summed E-state index contributed by atoms with van der Waals surface area (Å²) in [5.41, 5.74) is 7.28. The summed E-state index contributed by atoms with van der Waals surface area (Å²) in [6.45, 7) is 6.41. The van der Waals surface area contributed by atoms with E-state index in [0.29, 0.717) is 10.9 Å². The van der Waals surface area contributed by atoms with Crippen LogP contribution >= 0.6 is 23.2 Å². The number of hydrogen-bond acceptors (Lipinski definition) is 2. The lowest BCUT2D eigenvalue weighted by Gasteiger charge is -2.39. The number of hydrogen-bond donors (Lipinski definition) is 1. The molecule has 1 aliphatic rings. The van der Waals surface area contributed by atoms with Gasteiger partial charge in [0.1, 0.15) is 0 Å². The lowest BCUT2D eigenvalue weighted by molar-refractivity contribution is 0.128. The van der Waals surface area contributed by atoms with Gasteiger partial charge in [-0.05, 0) is 43.5 Å². The molecule has 1 aromatic rings. The maximum absolute atomic E-state index is 6.27. The summed E-state index contributed by atoms with van der Waals surface area (Å²) < 4.78 is 0. The first-order valence-electron chi connectivity index (χ1n) is 6.43. The Morgan fingerprint density at radius 3 is 2.72 bits per heavy atom. The predicted octanol–water partition coefficient (Wildman–Crippen LogP) is 3.72. The van der Waals surface area contributed by atoms with Gasteiger partial charge in [-0.3, -0.25) is 4.90 Å². The van der Waals surface area contributed by atoms with Crippen molar-refractivity contribution in [2.45, 2.75) is 32.4 Å². The smallest absolute Gasteiger partial charge is 0.0468 e. The highest BCUT2D eigenvalue weighted by molar-refractivity contribution is 6.35. The molecule has 0 saturated carbocycles. The summed E-state index contributed by atoms with van der Waals surface area (Å²) in [7, 11) is 0. The Balaban J connectivity index is 2.13. The van der Waals surface area contributed by atoms with Crippen LogP contribution in [0.2, 0.25) is 10.0 Å². The number of nitrogens with zero attached hydrogens (tertiary/aromatic N) is 1. The van der Waals surface area contributed by atoms with Gasteiger partial charge in [0.2, 0.25) is 0 Å². The Kier molecular flexibility index (Phi) is 4.54. The van der Waals surface area contributed by atoms with Crippen LogP contribution in [0.25, 0.3) is 0 Å². The molecule has 1 saturated heterocycles. The second kappa shape index (κ2) is 5.79. The van der Waals surface area contributed by atoms with Gasteiger partial charge in [-0.25, -0.2) is 0 Å². The third-order valence-corrected chi connectivity index (χ3v) is 4.57. The summed E-state index contributed by atoms with van der Waals surface area (Å²) in [4.78, 5) is 2.40. The molecular formula is C14H20Cl2N2. The number of rotatable bonds is 2. The molecule has 3 atom stereocenters. The van der Waals surface area contributed by atoms with Gasteiger partial charge in [0.05, 0.1) is 0 Å². The average molecular weight is 287 g/mol. The first-order valence-corrected chi connectivity index (χ1v) is 7.19. The van der Waals surface area contributed by atoms with E-state index < -0.39 is 0 Å².